The van der Waals surface area contributed by atoms with E-state index in [2.05, 4.69) is 0 Å². The van der Waals surface area contributed by atoms with Crippen molar-refractivity contribution in [3.63, 3.8) is 0 Å². The minimum Gasteiger partial charge on any atom is -0.504 e. The number of rotatable bonds is 13. The molecular weight excluding hydrogens is 740 g/mol. The van der Waals surface area contributed by atoms with Crippen LogP contribution in [0.1, 0.15) is 18.1 Å². The summed E-state index contributed by atoms with van der Waals surface area (Å²) in [5.74, 6) is -2.71. The third-order valence-electron chi connectivity index (χ3n) is 9.36. The molecule has 0 saturated carbocycles. The molecule has 0 aromatic heterocycles. The van der Waals surface area contributed by atoms with Gasteiger partial charge in [-0.1, -0.05) is 12.1 Å². The average molecular weight is 787 g/mol. The number of carbonyl (C=O) groups excluding carboxylic acids is 1. The quantitative estimate of drug-likeness (QED) is 0.0541. The Morgan fingerprint density at radius 2 is 1.29 bits per heavy atom. The molecule has 3 saturated heterocycles. The van der Waals surface area contributed by atoms with E-state index in [9.17, 15) is 66.1 Å². The number of aromatic hydroxyl groups is 4. The second-order valence-electron chi connectivity index (χ2n) is 13.3. The number of hydrogen-bond donors (Lipinski definition) is 12. The lowest BCUT2D eigenvalue weighted by Gasteiger charge is -2.47. The van der Waals surface area contributed by atoms with Crippen molar-refractivity contribution >= 4 is 12.0 Å². The molecule has 3 heterocycles. The van der Waals surface area contributed by atoms with Gasteiger partial charge in [-0.05, 0) is 54.8 Å². The number of esters is 1. The zero-order chi connectivity index (χ0) is 40.1. The summed E-state index contributed by atoms with van der Waals surface area (Å²) in [5, 5.41) is 123. The maximum Gasteiger partial charge on any atom is 0.331 e. The van der Waals surface area contributed by atoms with E-state index in [1.165, 1.54) is 43.3 Å². The molecule has 15 atom stereocenters. The Balaban J connectivity index is 1.43. The third kappa shape index (κ3) is 10.0. The van der Waals surface area contributed by atoms with E-state index < -0.39 is 123 Å². The topological polar surface area (TPSA) is 324 Å². The van der Waals surface area contributed by atoms with Gasteiger partial charge in [0.15, 0.2) is 48.0 Å². The van der Waals surface area contributed by atoms with Crippen LogP contribution in [0.15, 0.2) is 42.5 Å². The Kier molecular flexibility index (Phi) is 14.3. The number of hydrogen-bond acceptors (Lipinski definition) is 20. The first-order valence-corrected chi connectivity index (χ1v) is 17.2. The van der Waals surface area contributed by atoms with Crippen LogP contribution >= 0.6 is 0 Å². The van der Waals surface area contributed by atoms with Crippen molar-refractivity contribution < 1.29 is 99.2 Å². The third-order valence-corrected chi connectivity index (χ3v) is 9.36. The summed E-state index contributed by atoms with van der Waals surface area (Å²) in [6.07, 6.45) is -22.6. The molecule has 306 valence electrons. The number of aliphatic hydroxyl groups is 8. The second-order valence-corrected chi connectivity index (χ2v) is 13.3. The lowest BCUT2D eigenvalue weighted by atomic mass is 9.96. The van der Waals surface area contributed by atoms with Crippen LogP contribution in [-0.4, -0.2) is 179 Å². The highest BCUT2D eigenvalue weighted by Crippen LogP contribution is 2.33. The number of carbonyl (C=O) groups is 1. The Labute approximate surface area is 313 Å². The predicted molar refractivity (Wildman–Crippen MR) is 180 cm³/mol. The largest absolute Gasteiger partial charge is 0.504 e. The Bertz CT molecular complexity index is 1610. The molecule has 3 fully saturated rings. The van der Waals surface area contributed by atoms with E-state index in [0.29, 0.717) is 5.56 Å². The highest BCUT2D eigenvalue weighted by atomic mass is 16.8. The van der Waals surface area contributed by atoms with Gasteiger partial charge in [0, 0.05) is 6.08 Å². The summed E-state index contributed by atoms with van der Waals surface area (Å²) in [5.41, 5.74) is 0.773. The maximum absolute atomic E-state index is 13.3. The molecule has 0 aliphatic carbocycles. The number of aliphatic hydroxyl groups excluding tert-OH is 8. The van der Waals surface area contributed by atoms with Crippen LogP contribution in [-0.2, 0) is 44.4 Å². The molecule has 20 nitrogen and oxygen atoms in total. The van der Waals surface area contributed by atoms with Gasteiger partial charge in [0.05, 0.1) is 25.9 Å². The van der Waals surface area contributed by atoms with Gasteiger partial charge in [0.25, 0.3) is 0 Å². The van der Waals surface area contributed by atoms with Gasteiger partial charge in [0.1, 0.15) is 61.0 Å². The number of phenolic OH excluding ortho intramolecular Hbond substituents is 4. The second kappa shape index (κ2) is 18.5. The number of benzene rings is 2. The molecule has 0 unspecified atom stereocenters. The van der Waals surface area contributed by atoms with Crippen molar-refractivity contribution in [1.82, 2.24) is 0 Å². The van der Waals surface area contributed by atoms with Gasteiger partial charge >= 0.3 is 5.97 Å². The fraction of sp³-hybridized carbons (Fsp3) is 0.571. The van der Waals surface area contributed by atoms with Gasteiger partial charge in [0.2, 0.25) is 0 Å². The van der Waals surface area contributed by atoms with E-state index in [0.717, 1.165) is 12.1 Å². The predicted octanol–water partition coefficient (Wildman–Crippen LogP) is -3.19. The SMILES string of the molecule is C[C@H]1O[C@@H](O[C@@H]2[C@@H](O)[C@H](OCCc3ccc(O)c(O)c3)O[C@H](CO[C@@H]3O[C@@H](CO)[C@H](O)[C@@H](O)[C@@H]3O)[C@H]2OC(=O)/C=C/c2ccc(O)c(O)c2)[C@H](O)[C@@H](O)[C@H]1O. The molecule has 0 spiro atoms. The molecule has 2 aromatic rings. The zero-order valence-electron chi connectivity index (χ0n) is 29.2. The summed E-state index contributed by atoms with van der Waals surface area (Å²) >= 11 is 0. The highest BCUT2D eigenvalue weighted by molar-refractivity contribution is 5.87. The van der Waals surface area contributed by atoms with Crippen LogP contribution in [0.25, 0.3) is 6.08 Å². The summed E-state index contributed by atoms with van der Waals surface area (Å²) in [4.78, 5) is 13.3. The summed E-state index contributed by atoms with van der Waals surface area (Å²) in [6, 6.07) is 7.75. The fourth-order valence-corrected chi connectivity index (χ4v) is 6.14. The Hall–Kier alpha value is -3.71. The minimum atomic E-state index is -1.88. The van der Waals surface area contributed by atoms with Crippen molar-refractivity contribution in [2.75, 3.05) is 19.8 Å². The maximum atomic E-state index is 13.3. The smallest absolute Gasteiger partial charge is 0.331 e. The lowest BCUT2D eigenvalue weighted by Crippen LogP contribution is -2.65. The molecule has 2 aromatic carbocycles. The van der Waals surface area contributed by atoms with E-state index in [1.54, 1.807) is 0 Å². The molecule has 5 rings (SSSR count). The molecule has 20 heteroatoms. The van der Waals surface area contributed by atoms with Gasteiger partial charge in [-0.2, -0.15) is 0 Å². The van der Waals surface area contributed by atoms with Crippen LogP contribution in [0.4, 0.5) is 0 Å². The van der Waals surface area contributed by atoms with Crippen molar-refractivity contribution in [2.45, 2.75) is 105 Å². The summed E-state index contributed by atoms with van der Waals surface area (Å²) in [6.45, 7) is -0.254. The Morgan fingerprint density at radius 3 is 1.96 bits per heavy atom. The normalized spacial score (nSPS) is 36.9. The molecule has 3 aliphatic heterocycles. The van der Waals surface area contributed by atoms with Crippen LogP contribution in [0, 0.1) is 0 Å². The first-order chi connectivity index (χ1) is 26.1. The monoisotopic (exact) mass is 786 g/mol. The first-order valence-electron chi connectivity index (χ1n) is 17.2. The lowest BCUT2D eigenvalue weighted by molar-refractivity contribution is -0.364. The van der Waals surface area contributed by atoms with Gasteiger partial charge < -0.3 is 94.4 Å². The molecule has 3 aliphatic rings. The molecule has 55 heavy (non-hydrogen) atoms. The van der Waals surface area contributed by atoms with Gasteiger partial charge in [-0.15, -0.1) is 0 Å². The molecule has 0 amide bonds. The van der Waals surface area contributed by atoms with Crippen LogP contribution < -0.4 is 0 Å². The van der Waals surface area contributed by atoms with Crippen LogP contribution in [0.2, 0.25) is 0 Å². The number of phenols is 4. The average Bonchev–Trinajstić information content (AvgIpc) is 3.16. The summed E-state index contributed by atoms with van der Waals surface area (Å²) in [7, 11) is 0. The fourth-order valence-electron chi connectivity index (χ4n) is 6.14. The van der Waals surface area contributed by atoms with Crippen molar-refractivity contribution in [3.05, 3.63) is 53.6 Å². The van der Waals surface area contributed by atoms with E-state index in [-0.39, 0.29) is 30.1 Å². The van der Waals surface area contributed by atoms with E-state index in [1.807, 2.05) is 0 Å². The molecule has 0 bridgehead atoms. The van der Waals surface area contributed by atoms with E-state index in [4.69, 9.17) is 33.2 Å². The Morgan fingerprint density at radius 1 is 0.673 bits per heavy atom. The molecule has 0 radical (unpaired) electrons. The molecule has 12 N–H and O–H groups in total. The molecular formula is C35H46O20. The first kappa shape index (κ1) is 42.4. The van der Waals surface area contributed by atoms with Gasteiger partial charge in [-0.25, -0.2) is 4.79 Å². The summed E-state index contributed by atoms with van der Waals surface area (Å²) < 4.78 is 40.2. The van der Waals surface area contributed by atoms with Crippen molar-refractivity contribution in [3.8, 4) is 23.0 Å². The van der Waals surface area contributed by atoms with Crippen LogP contribution in [0.5, 0.6) is 23.0 Å². The van der Waals surface area contributed by atoms with Crippen molar-refractivity contribution in [1.29, 1.82) is 0 Å². The van der Waals surface area contributed by atoms with Crippen molar-refractivity contribution in [2.24, 2.45) is 0 Å². The standard InChI is InChI=1S/C35H46O20/c1-14-24(42)26(44)29(47)35(51-14)55-32-30(48)34(49-9-8-16-3-6-18(38)20(40)11-16)53-22(13-50-33-28(46)27(45)25(43)21(12-36)52-33)31(32)54-23(41)7-4-15-2-5-17(37)19(39)10-15/h2-7,10-11,14,21-22,24-40,42-48H,8-9,12-13H2,1H3/b7-4+/t14-,21+,22-,24+,25+,26+,27-,28+,29-,30-,31-,32-,33-,34-,35+/m1/s1. The van der Waals surface area contributed by atoms with Gasteiger partial charge in [-0.3, -0.25) is 0 Å². The highest BCUT2D eigenvalue weighted by Gasteiger charge is 2.53. The zero-order valence-corrected chi connectivity index (χ0v) is 29.2. The minimum absolute atomic E-state index is 0.111. The number of ether oxygens (including phenoxy) is 7. The van der Waals surface area contributed by atoms with Crippen LogP contribution in [0.3, 0.4) is 0 Å². The van der Waals surface area contributed by atoms with E-state index >= 15 is 0 Å².